The van der Waals surface area contributed by atoms with Gasteiger partial charge in [0.15, 0.2) is 18.2 Å². The minimum absolute atomic E-state index is 0.00273. The van der Waals surface area contributed by atoms with E-state index >= 15 is 4.39 Å². The first-order valence-corrected chi connectivity index (χ1v) is 19.2. The number of esters is 1. The van der Waals surface area contributed by atoms with Gasteiger partial charge < -0.3 is 29.8 Å². The van der Waals surface area contributed by atoms with E-state index in [-0.39, 0.29) is 35.1 Å². The Labute approximate surface area is 331 Å². The van der Waals surface area contributed by atoms with E-state index in [9.17, 15) is 22.8 Å². The van der Waals surface area contributed by atoms with Crippen LogP contribution in [-0.4, -0.2) is 58.3 Å². The van der Waals surface area contributed by atoms with Gasteiger partial charge in [0.2, 0.25) is 0 Å². The van der Waals surface area contributed by atoms with Crippen LogP contribution in [0.2, 0.25) is 10.0 Å². The first-order chi connectivity index (χ1) is 26.7. The van der Waals surface area contributed by atoms with Crippen LogP contribution in [0.15, 0.2) is 42.5 Å². The molecule has 1 saturated carbocycles. The van der Waals surface area contributed by atoms with Gasteiger partial charge in [-0.15, -0.1) is 0 Å². The molecule has 1 amide bonds. The zero-order valence-corrected chi connectivity index (χ0v) is 32.3. The molecule has 0 spiro atoms. The monoisotopic (exact) mass is 817 g/mol. The molecule has 1 aliphatic heterocycles. The fraction of sp³-hybridized carbons (Fsp3) is 0.425. The molecule has 3 aliphatic rings. The minimum Gasteiger partial charge on any atom is -0.484 e. The average Bonchev–Trinajstić information content (AvgIpc) is 3.71. The van der Waals surface area contributed by atoms with E-state index in [1.807, 2.05) is 38.2 Å². The number of aromatic nitrogens is 2. The van der Waals surface area contributed by atoms with E-state index in [0.717, 1.165) is 60.0 Å². The molecule has 0 radical (unpaired) electrons. The van der Waals surface area contributed by atoms with Crippen molar-refractivity contribution in [2.24, 2.45) is 18.7 Å². The lowest BCUT2D eigenvalue weighted by molar-refractivity contribution is -0.154. The molecule has 0 bridgehead atoms. The maximum atomic E-state index is 15.2. The largest absolute Gasteiger partial charge is 0.484 e. The predicted octanol–water partition coefficient (Wildman–Crippen LogP) is 8.34. The molecule has 2 unspecified atom stereocenters. The van der Waals surface area contributed by atoms with Crippen molar-refractivity contribution in [3.63, 3.8) is 0 Å². The number of nitrogens with zero attached hydrogens (tertiary/aromatic N) is 3. The van der Waals surface area contributed by atoms with E-state index in [0.29, 0.717) is 48.7 Å². The SMILES string of the molecule is CC(COC(=O)C1CCC1)N1CCc2c(nc(C(=O)Nc3cccc(-c4cccc5c4CCC5Oc4cc(OCC(F)(F)F)c(CN)c(F)c4Cl)c3Cl)n2C)C1. The van der Waals surface area contributed by atoms with Crippen molar-refractivity contribution in [3.8, 4) is 22.6 Å². The Balaban J connectivity index is 1.06. The molecule has 1 aromatic heterocycles. The van der Waals surface area contributed by atoms with Crippen molar-refractivity contribution >= 4 is 40.8 Å². The van der Waals surface area contributed by atoms with Crippen LogP contribution in [0.25, 0.3) is 11.1 Å². The van der Waals surface area contributed by atoms with Crippen molar-refractivity contribution in [1.29, 1.82) is 0 Å². The number of rotatable bonds is 12. The Morgan fingerprint density at radius 1 is 1.05 bits per heavy atom. The Morgan fingerprint density at radius 2 is 1.80 bits per heavy atom. The number of anilines is 1. The average molecular weight is 819 g/mol. The van der Waals surface area contributed by atoms with Crippen molar-refractivity contribution in [2.75, 3.05) is 25.1 Å². The minimum atomic E-state index is -4.65. The number of carbonyl (C=O) groups is 2. The van der Waals surface area contributed by atoms with Crippen molar-refractivity contribution in [3.05, 3.63) is 92.2 Å². The summed E-state index contributed by atoms with van der Waals surface area (Å²) in [5.74, 6) is -1.87. The number of carbonyl (C=O) groups excluding carboxylic acids is 2. The van der Waals surface area contributed by atoms with Gasteiger partial charge in [-0.3, -0.25) is 14.5 Å². The molecule has 1 fully saturated rings. The molecular weight excluding hydrogens is 777 g/mol. The number of amides is 1. The quantitative estimate of drug-likeness (QED) is 0.108. The number of hydrogen-bond donors (Lipinski definition) is 2. The Kier molecular flexibility index (Phi) is 11.6. The highest BCUT2D eigenvalue weighted by atomic mass is 35.5. The number of halogens is 6. The lowest BCUT2D eigenvalue weighted by Gasteiger charge is -2.32. The van der Waals surface area contributed by atoms with Crippen molar-refractivity contribution in [1.82, 2.24) is 14.5 Å². The first-order valence-electron chi connectivity index (χ1n) is 18.5. The van der Waals surface area contributed by atoms with E-state index in [1.165, 1.54) is 0 Å². The van der Waals surface area contributed by atoms with E-state index in [2.05, 4.69) is 10.2 Å². The molecule has 4 aromatic rings. The summed E-state index contributed by atoms with van der Waals surface area (Å²) in [6.07, 6.45) is -0.727. The summed E-state index contributed by atoms with van der Waals surface area (Å²) in [5, 5.41) is 2.83. The number of nitrogens with two attached hydrogens (primary N) is 1. The first kappa shape index (κ1) is 39.8. The lowest BCUT2D eigenvalue weighted by atomic mass is 9.86. The summed E-state index contributed by atoms with van der Waals surface area (Å²) in [6.45, 7) is 1.51. The van der Waals surface area contributed by atoms with Crippen molar-refractivity contribution in [2.45, 2.75) is 76.9 Å². The van der Waals surface area contributed by atoms with Gasteiger partial charge in [0.1, 0.15) is 29.2 Å². The predicted molar refractivity (Wildman–Crippen MR) is 202 cm³/mol. The molecule has 2 aliphatic carbocycles. The van der Waals surface area contributed by atoms with Gasteiger partial charge >= 0.3 is 12.1 Å². The number of fused-ring (bicyclic) bond motifs is 2. The van der Waals surface area contributed by atoms with E-state index < -0.39 is 47.9 Å². The van der Waals surface area contributed by atoms with Gasteiger partial charge in [-0.1, -0.05) is 60.0 Å². The molecule has 7 rings (SSSR count). The fourth-order valence-corrected chi connectivity index (χ4v) is 8.03. The summed E-state index contributed by atoms with van der Waals surface area (Å²) >= 11 is 13.3. The second-order valence-electron chi connectivity index (χ2n) is 14.4. The Morgan fingerprint density at radius 3 is 2.52 bits per heavy atom. The lowest BCUT2D eigenvalue weighted by Crippen LogP contribution is -2.41. The molecule has 3 aromatic carbocycles. The molecule has 56 heavy (non-hydrogen) atoms. The number of hydrogen-bond acceptors (Lipinski definition) is 8. The van der Waals surface area contributed by atoms with Gasteiger partial charge in [-0.05, 0) is 55.4 Å². The number of imidazole rings is 1. The zero-order valence-electron chi connectivity index (χ0n) is 30.8. The van der Waals surface area contributed by atoms with Gasteiger partial charge in [0, 0.05) is 62.0 Å². The summed E-state index contributed by atoms with van der Waals surface area (Å²) in [5.41, 5.74) is 10.6. The molecular formula is C40H41Cl2F4N5O5. The topological polar surface area (TPSA) is 121 Å². The van der Waals surface area contributed by atoms with Crippen LogP contribution in [0.1, 0.15) is 77.4 Å². The highest BCUT2D eigenvalue weighted by Crippen LogP contribution is 2.45. The summed E-state index contributed by atoms with van der Waals surface area (Å²) in [4.78, 5) is 32.9. The molecule has 298 valence electrons. The van der Waals surface area contributed by atoms with Crippen LogP contribution in [0.3, 0.4) is 0 Å². The summed E-state index contributed by atoms with van der Waals surface area (Å²) < 4.78 is 72.3. The molecule has 2 heterocycles. The Hall–Kier alpha value is -4.37. The summed E-state index contributed by atoms with van der Waals surface area (Å²) in [7, 11) is 1.81. The summed E-state index contributed by atoms with van der Waals surface area (Å²) in [6, 6.07) is 12.0. The molecule has 2 atom stereocenters. The highest BCUT2D eigenvalue weighted by molar-refractivity contribution is 6.36. The number of alkyl halides is 3. The van der Waals surface area contributed by atoms with Crippen LogP contribution in [0.5, 0.6) is 11.5 Å². The van der Waals surface area contributed by atoms with Gasteiger partial charge in [0.05, 0.1) is 22.3 Å². The number of nitrogens with one attached hydrogen (secondary N) is 1. The fourth-order valence-electron chi connectivity index (χ4n) is 7.54. The third-order valence-corrected chi connectivity index (χ3v) is 11.6. The molecule has 16 heteroatoms. The van der Waals surface area contributed by atoms with E-state index in [4.69, 9.17) is 48.1 Å². The Bertz CT molecular complexity index is 2160. The van der Waals surface area contributed by atoms with E-state index in [1.54, 1.807) is 16.7 Å². The van der Waals surface area contributed by atoms with Crippen LogP contribution >= 0.6 is 23.2 Å². The van der Waals surface area contributed by atoms with Gasteiger partial charge in [-0.25, -0.2) is 9.37 Å². The number of ether oxygens (including phenoxy) is 3. The highest BCUT2D eigenvalue weighted by Gasteiger charge is 2.33. The maximum Gasteiger partial charge on any atom is 0.422 e. The maximum absolute atomic E-state index is 15.2. The van der Waals surface area contributed by atoms with Crippen molar-refractivity contribution < 1.29 is 41.4 Å². The van der Waals surface area contributed by atoms with Gasteiger partial charge in [-0.2, -0.15) is 13.2 Å². The van der Waals surface area contributed by atoms with Gasteiger partial charge in [0.25, 0.3) is 5.91 Å². The van der Waals surface area contributed by atoms with Crippen LogP contribution in [-0.2, 0) is 42.5 Å². The third kappa shape index (κ3) is 8.07. The second-order valence-corrected chi connectivity index (χ2v) is 15.2. The normalized spacial score (nSPS) is 17.5. The molecule has 0 saturated heterocycles. The zero-order chi connectivity index (χ0) is 39.9. The standard InChI is InChI=1S/C40H41Cl2F4N5O5/c1-21(19-54-39(53)22-6-3-7-22)51-15-14-30-29(18-51)48-37(50(30)2)38(52)49-28-11-5-10-26(34(28)41)23-8-4-9-25-24(23)12-13-31(25)56-33-16-32(55-20-40(44,45)46)27(17-47)36(43)35(33)42/h4-5,8-11,16,21-22,31H,3,6-7,12-15,17-20,47H2,1-2H3,(H,49,52). The second kappa shape index (κ2) is 16.2. The van der Waals surface area contributed by atoms with Crippen LogP contribution < -0.4 is 20.5 Å². The van der Waals surface area contributed by atoms with Crippen LogP contribution in [0, 0.1) is 11.7 Å². The molecule has 10 nitrogen and oxygen atoms in total. The number of benzene rings is 3. The van der Waals surface area contributed by atoms with Crippen LogP contribution in [0.4, 0.5) is 23.2 Å². The smallest absolute Gasteiger partial charge is 0.422 e. The molecule has 3 N–H and O–H groups in total. The third-order valence-electron chi connectivity index (χ3n) is 10.9.